The predicted octanol–water partition coefficient (Wildman–Crippen LogP) is 1.45. The summed E-state index contributed by atoms with van der Waals surface area (Å²) in [6.07, 6.45) is 2.45. The van der Waals surface area contributed by atoms with Crippen LogP contribution in [-0.2, 0) is 0 Å². The molecule has 0 aromatic rings. The van der Waals surface area contributed by atoms with E-state index in [2.05, 4.69) is 11.8 Å². The molecule has 0 radical (unpaired) electrons. The Kier molecular flexibility index (Phi) is 2.55. The fraction of sp³-hybridized carbons (Fsp3) is 1.00. The van der Waals surface area contributed by atoms with E-state index in [4.69, 9.17) is 0 Å². The van der Waals surface area contributed by atoms with Crippen molar-refractivity contribution in [2.45, 2.75) is 39.3 Å². The highest BCUT2D eigenvalue weighted by molar-refractivity contribution is 4.75. The standard InChI is InChI=1S/C9H19NO/c1-8-4-6-10(7-5-8)9(2,3)11/h8,11H,4-7H2,1-3H3. The molecule has 1 heterocycles. The van der Waals surface area contributed by atoms with Crippen LogP contribution in [0.15, 0.2) is 0 Å². The van der Waals surface area contributed by atoms with E-state index in [9.17, 15) is 5.11 Å². The van der Waals surface area contributed by atoms with Gasteiger partial charge in [-0.25, -0.2) is 0 Å². The molecule has 1 fully saturated rings. The van der Waals surface area contributed by atoms with Gasteiger partial charge in [0.2, 0.25) is 0 Å². The van der Waals surface area contributed by atoms with Crippen LogP contribution < -0.4 is 0 Å². The van der Waals surface area contributed by atoms with E-state index >= 15 is 0 Å². The van der Waals surface area contributed by atoms with Crippen molar-refractivity contribution in [1.82, 2.24) is 4.90 Å². The van der Waals surface area contributed by atoms with E-state index in [1.54, 1.807) is 0 Å². The molecule has 0 aromatic carbocycles. The molecule has 1 N–H and O–H groups in total. The summed E-state index contributed by atoms with van der Waals surface area (Å²) < 4.78 is 0. The molecule has 11 heavy (non-hydrogen) atoms. The smallest absolute Gasteiger partial charge is 0.112 e. The highest BCUT2D eigenvalue weighted by atomic mass is 16.3. The van der Waals surface area contributed by atoms with E-state index in [1.807, 2.05) is 13.8 Å². The first-order valence-electron chi connectivity index (χ1n) is 4.47. The van der Waals surface area contributed by atoms with Gasteiger partial charge in [0.1, 0.15) is 5.72 Å². The Morgan fingerprint density at radius 3 is 2.09 bits per heavy atom. The molecule has 66 valence electrons. The topological polar surface area (TPSA) is 23.5 Å². The van der Waals surface area contributed by atoms with Crippen LogP contribution >= 0.6 is 0 Å². The van der Waals surface area contributed by atoms with Crippen LogP contribution in [0.5, 0.6) is 0 Å². The fourth-order valence-corrected chi connectivity index (χ4v) is 1.56. The number of nitrogens with zero attached hydrogens (tertiary/aromatic N) is 1. The third-order valence-corrected chi connectivity index (χ3v) is 2.56. The summed E-state index contributed by atoms with van der Waals surface area (Å²) in [4.78, 5) is 2.15. The van der Waals surface area contributed by atoms with Gasteiger partial charge in [-0.2, -0.15) is 0 Å². The fourth-order valence-electron chi connectivity index (χ4n) is 1.56. The molecule has 1 aliphatic heterocycles. The maximum Gasteiger partial charge on any atom is 0.112 e. The van der Waals surface area contributed by atoms with E-state index in [0.29, 0.717) is 0 Å². The van der Waals surface area contributed by atoms with Gasteiger partial charge in [-0.1, -0.05) is 6.92 Å². The van der Waals surface area contributed by atoms with Gasteiger partial charge in [0, 0.05) is 13.1 Å². The average Bonchev–Trinajstić information content (AvgIpc) is 1.86. The molecular formula is C9H19NO. The number of hydrogen-bond acceptors (Lipinski definition) is 2. The second kappa shape index (κ2) is 3.11. The van der Waals surface area contributed by atoms with Crippen LogP contribution in [0, 0.1) is 5.92 Å². The monoisotopic (exact) mass is 157 g/mol. The van der Waals surface area contributed by atoms with E-state index in [-0.39, 0.29) is 0 Å². The molecule has 2 heteroatoms. The van der Waals surface area contributed by atoms with Gasteiger partial charge in [0.15, 0.2) is 0 Å². The molecule has 0 spiro atoms. The third-order valence-electron chi connectivity index (χ3n) is 2.56. The number of likely N-dealkylation sites (tertiary alicyclic amines) is 1. The molecule has 1 aliphatic rings. The summed E-state index contributed by atoms with van der Waals surface area (Å²) in [6, 6.07) is 0. The summed E-state index contributed by atoms with van der Waals surface area (Å²) in [6.45, 7) is 8.10. The molecule has 2 nitrogen and oxygen atoms in total. The minimum Gasteiger partial charge on any atom is -0.376 e. The highest BCUT2D eigenvalue weighted by Gasteiger charge is 2.26. The van der Waals surface area contributed by atoms with Crippen LogP contribution in [0.3, 0.4) is 0 Å². The maximum atomic E-state index is 9.65. The first kappa shape index (κ1) is 9.01. The predicted molar refractivity (Wildman–Crippen MR) is 46.3 cm³/mol. The second-order valence-corrected chi connectivity index (χ2v) is 4.16. The van der Waals surface area contributed by atoms with Crippen molar-refractivity contribution in [1.29, 1.82) is 0 Å². The molecule has 0 aromatic heterocycles. The van der Waals surface area contributed by atoms with Gasteiger partial charge in [0.25, 0.3) is 0 Å². The van der Waals surface area contributed by atoms with Crippen molar-refractivity contribution < 1.29 is 5.11 Å². The summed E-state index contributed by atoms with van der Waals surface area (Å²) in [7, 11) is 0. The lowest BCUT2D eigenvalue weighted by atomic mass is 9.98. The molecular weight excluding hydrogens is 138 g/mol. The van der Waals surface area contributed by atoms with E-state index in [0.717, 1.165) is 19.0 Å². The Labute approximate surface area is 69.2 Å². The number of rotatable bonds is 1. The molecule has 0 unspecified atom stereocenters. The summed E-state index contributed by atoms with van der Waals surface area (Å²) in [5, 5.41) is 9.65. The van der Waals surface area contributed by atoms with E-state index in [1.165, 1.54) is 12.8 Å². The van der Waals surface area contributed by atoms with Crippen LogP contribution in [0.25, 0.3) is 0 Å². The number of piperidine rings is 1. The zero-order chi connectivity index (χ0) is 8.48. The van der Waals surface area contributed by atoms with Crippen molar-refractivity contribution in [3.8, 4) is 0 Å². The molecule has 0 saturated carbocycles. The van der Waals surface area contributed by atoms with Crippen molar-refractivity contribution in [2.75, 3.05) is 13.1 Å². The maximum absolute atomic E-state index is 9.65. The molecule has 1 rings (SSSR count). The summed E-state index contributed by atoms with van der Waals surface area (Å²) in [5.74, 6) is 0.841. The molecule has 0 amide bonds. The lowest BCUT2D eigenvalue weighted by Crippen LogP contribution is -2.47. The first-order chi connectivity index (χ1) is 5.00. The van der Waals surface area contributed by atoms with Gasteiger partial charge < -0.3 is 5.11 Å². The van der Waals surface area contributed by atoms with Crippen molar-refractivity contribution in [3.05, 3.63) is 0 Å². The molecule has 0 atom stereocenters. The normalized spacial score (nSPS) is 24.0. The quantitative estimate of drug-likeness (QED) is 0.622. The van der Waals surface area contributed by atoms with Crippen LogP contribution in [0.2, 0.25) is 0 Å². The zero-order valence-electron chi connectivity index (χ0n) is 7.80. The second-order valence-electron chi connectivity index (χ2n) is 4.16. The minimum atomic E-state index is -0.611. The zero-order valence-corrected chi connectivity index (χ0v) is 7.80. The van der Waals surface area contributed by atoms with Gasteiger partial charge in [-0.15, -0.1) is 0 Å². The Bertz CT molecular complexity index is 120. The SMILES string of the molecule is CC1CCN(C(C)(C)O)CC1. The lowest BCUT2D eigenvalue weighted by molar-refractivity contribution is -0.0910. The largest absolute Gasteiger partial charge is 0.376 e. The van der Waals surface area contributed by atoms with Gasteiger partial charge in [-0.3, -0.25) is 4.90 Å². The average molecular weight is 157 g/mol. The minimum absolute atomic E-state index is 0.611. The summed E-state index contributed by atoms with van der Waals surface area (Å²) in [5.41, 5.74) is -0.611. The summed E-state index contributed by atoms with van der Waals surface area (Å²) >= 11 is 0. The molecule has 1 saturated heterocycles. The Morgan fingerprint density at radius 1 is 1.27 bits per heavy atom. The molecule has 0 bridgehead atoms. The Hall–Kier alpha value is -0.0800. The Morgan fingerprint density at radius 2 is 1.73 bits per heavy atom. The first-order valence-corrected chi connectivity index (χ1v) is 4.47. The van der Waals surface area contributed by atoms with E-state index < -0.39 is 5.72 Å². The molecule has 0 aliphatic carbocycles. The Balaban J connectivity index is 2.39. The van der Waals surface area contributed by atoms with Crippen LogP contribution in [0.1, 0.15) is 33.6 Å². The van der Waals surface area contributed by atoms with Crippen molar-refractivity contribution in [2.24, 2.45) is 5.92 Å². The lowest BCUT2D eigenvalue weighted by Gasteiger charge is -2.38. The van der Waals surface area contributed by atoms with Crippen molar-refractivity contribution in [3.63, 3.8) is 0 Å². The van der Waals surface area contributed by atoms with Gasteiger partial charge in [0.05, 0.1) is 0 Å². The van der Waals surface area contributed by atoms with Crippen LogP contribution in [0.4, 0.5) is 0 Å². The third kappa shape index (κ3) is 2.46. The van der Waals surface area contributed by atoms with Gasteiger partial charge >= 0.3 is 0 Å². The van der Waals surface area contributed by atoms with Crippen molar-refractivity contribution >= 4 is 0 Å². The number of aliphatic hydroxyl groups is 1. The van der Waals surface area contributed by atoms with Gasteiger partial charge in [-0.05, 0) is 32.6 Å². The highest BCUT2D eigenvalue weighted by Crippen LogP contribution is 2.21. The van der Waals surface area contributed by atoms with Crippen LogP contribution in [-0.4, -0.2) is 28.8 Å². The number of hydrogen-bond donors (Lipinski definition) is 1.